The summed E-state index contributed by atoms with van der Waals surface area (Å²) in [4.78, 5) is 16.5. The van der Waals surface area contributed by atoms with Crippen LogP contribution in [0.1, 0.15) is 30.7 Å². The van der Waals surface area contributed by atoms with E-state index in [0.717, 1.165) is 34.0 Å². The number of hydrogen-bond donors (Lipinski definition) is 1. The van der Waals surface area contributed by atoms with E-state index in [1.165, 1.54) is 6.08 Å². The Morgan fingerprint density at radius 1 is 1.07 bits per heavy atom. The fraction of sp³-hybridized carbons (Fsp3) is 0.200. The van der Waals surface area contributed by atoms with Gasteiger partial charge in [-0.2, -0.15) is 0 Å². The third-order valence-electron chi connectivity index (χ3n) is 4.25. The molecule has 5 nitrogen and oxygen atoms in total. The topological polar surface area (TPSA) is 60.5 Å². The number of benzene rings is 2. The SMILES string of the molecule is Cc1cc(OC(C)C)ccc1NC(=O)C=Cc1ccc(OCc2ccccn2)cc1. The van der Waals surface area contributed by atoms with E-state index in [4.69, 9.17) is 9.47 Å². The molecule has 1 N–H and O–H groups in total. The lowest BCUT2D eigenvalue weighted by atomic mass is 10.1. The van der Waals surface area contributed by atoms with Gasteiger partial charge in [0.2, 0.25) is 5.91 Å². The quantitative estimate of drug-likeness (QED) is 0.512. The average Bonchev–Trinajstić information content (AvgIpc) is 2.74. The fourth-order valence-corrected chi connectivity index (χ4v) is 2.78. The molecule has 3 aromatic rings. The number of aryl methyl sites for hydroxylation is 1. The van der Waals surface area contributed by atoms with Crippen molar-refractivity contribution in [3.8, 4) is 11.5 Å². The van der Waals surface area contributed by atoms with Gasteiger partial charge in [0.15, 0.2) is 0 Å². The molecule has 2 aromatic carbocycles. The Balaban J connectivity index is 1.53. The molecule has 0 atom stereocenters. The molecule has 0 saturated heterocycles. The van der Waals surface area contributed by atoms with Crippen molar-refractivity contribution >= 4 is 17.7 Å². The number of rotatable bonds is 8. The lowest BCUT2D eigenvalue weighted by Crippen LogP contribution is -2.10. The van der Waals surface area contributed by atoms with Crippen molar-refractivity contribution in [3.05, 3.63) is 89.8 Å². The van der Waals surface area contributed by atoms with Crippen molar-refractivity contribution in [1.29, 1.82) is 0 Å². The molecule has 0 fully saturated rings. The van der Waals surface area contributed by atoms with E-state index in [9.17, 15) is 4.79 Å². The van der Waals surface area contributed by atoms with Crippen molar-refractivity contribution in [2.24, 2.45) is 0 Å². The number of nitrogens with zero attached hydrogens (tertiary/aromatic N) is 1. The Hall–Kier alpha value is -3.60. The fourth-order valence-electron chi connectivity index (χ4n) is 2.78. The molecular weight excluding hydrogens is 376 g/mol. The number of aromatic nitrogens is 1. The zero-order chi connectivity index (χ0) is 21.3. The maximum atomic E-state index is 12.3. The van der Waals surface area contributed by atoms with Crippen LogP contribution in [0.15, 0.2) is 72.9 Å². The molecule has 0 spiro atoms. The Labute approximate surface area is 177 Å². The molecule has 0 aliphatic heterocycles. The second kappa shape index (κ2) is 10.3. The molecule has 0 unspecified atom stereocenters. The van der Waals surface area contributed by atoms with E-state index in [1.807, 2.05) is 81.4 Å². The summed E-state index contributed by atoms with van der Waals surface area (Å²) in [6.45, 7) is 6.32. The summed E-state index contributed by atoms with van der Waals surface area (Å²) >= 11 is 0. The number of pyridine rings is 1. The largest absolute Gasteiger partial charge is 0.491 e. The first-order chi connectivity index (χ1) is 14.5. The van der Waals surface area contributed by atoms with E-state index >= 15 is 0 Å². The van der Waals surface area contributed by atoms with Crippen LogP contribution in [0.25, 0.3) is 6.08 Å². The van der Waals surface area contributed by atoms with E-state index in [-0.39, 0.29) is 12.0 Å². The van der Waals surface area contributed by atoms with Crippen LogP contribution in [0.2, 0.25) is 0 Å². The van der Waals surface area contributed by atoms with E-state index in [0.29, 0.717) is 6.61 Å². The molecule has 0 bridgehead atoms. The summed E-state index contributed by atoms with van der Waals surface area (Å²) < 4.78 is 11.4. The minimum absolute atomic E-state index is 0.111. The maximum Gasteiger partial charge on any atom is 0.248 e. The average molecular weight is 402 g/mol. The Kier molecular flexibility index (Phi) is 7.22. The van der Waals surface area contributed by atoms with Crippen LogP contribution in [0.3, 0.4) is 0 Å². The third-order valence-corrected chi connectivity index (χ3v) is 4.25. The summed E-state index contributed by atoms with van der Waals surface area (Å²) in [5, 5.41) is 2.90. The van der Waals surface area contributed by atoms with Crippen molar-refractivity contribution in [1.82, 2.24) is 4.98 Å². The number of nitrogens with one attached hydrogen (secondary N) is 1. The van der Waals surface area contributed by atoms with Gasteiger partial charge in [0.25, 0.3) is 0 Å². The monoisotopic (exact) mass is 402 g/mol. The normalized spacial score (nSPS) is 10.9. The molecule has 5 heteroatoms. The van der Waals surface area contributed by atoms with Gasteiger partial charge in [-0.15, -0.1) is 0 Å². The molecule has 0 radical (unpaired) electrons. The highest BCUT2D eigenvalue weighted by molar-refractivity contribution is 6.02. The first kappa shape index (κ1) is 21.1. The van der Waals surface area contributed by atoms with Crippen LogP contribution in [0, 0.1) is 6.92 Å². The molecule has 0 aliphatic carbocycles. The summed E-state index contributed by atoms with van der Waals surface area (Å²) in [5.41, 5.74) is 3.49. The van der Waals surface area contributed by atoms with Gasteiger partial charge in [0.05, 0.1) is 11.8 Å². The first-order valence-electron chi connectivity index (χ1n) is 9.89. The number of amides is 1. The Bertz CT molecular complexity index is 997. The third kappa shape index (κ3) is 6.48. The summed E-state index contributed by atoms with van der Waals surface area (Å²) in [6.07, 6.45) is 5.14. The molecule has 3 rings (SSSR count). The molecule has 1 aromatic heterocycles. The smallest absolute Gasteiger partial charge is 0.248 e. The molecule has 0 saturated carbocycles. The van der Waals surface area contributed by atoms with Crippen molar-refractivity contribution in [3.63, 3.8) is 0 Å². The number of hydrogen-bond acceptors (Lipinski definition) is 4. The van der Waals surface area contributed by atoms with Gasteiger partial charge in [-0.05, 0) is 80.4 Å². The van der Waals surface area contributed by atoms with Crippen LogP contribution in [-0.4, -0.2) is 17.0 Å². The van der Waals surface area contributed by atoms with Crippen LogP contribution in [0.5, 0.6) is 11.5 Å². The molecule has 0 aliphatic rings. The van der Waals surface area contributed by atoms with Crippen molar-refractivity contribution in [2.45, 2.75) is 33.5 Å². The summed E-state index contributed by atoms with van der Waals surface area (Å²) in [6, 6.07) is 18.9. The van der Waals surface area contributed by atoms with Crippen molar-refractivity contribution < 1.29 is 14.3 Å². The lowest BCUT2D eigenvalue weighted by Gasteiger charge is -2.12. The Morgan fingerprint density at radius 3 is 2.50 bits per heavy atom. The van der Waals surface area contributed by atoms with Gasteiger partial charge in [-0.25, -0.2) is 0 Å². The Morgan fingerprint density at radius 2 is 1.83 bits per heavy atom. The number of ether oxygens (including phenoxy) is 2. The van der Waals surface area contributed by atoms with E-state index < -0.39 is 0 Å². The number of carbonyl (C=O) groups excluding carboxylic acids is 1. The molecule has 30 heavy (non-hydrogen) atoms. The van der Waals surface area contributed by atoms with Gasteiger partial charge in [-0.1, -0.05) is 18.2 Å². The standard InChI is InChI=1S/C25H26N2O3/c1-18(2)30-23-12-13-24(19(3)16-23)27-25(28)14-9-20-7-10-22(11-8-20)29-17-21-6-4-5-15-26-21/h4-16,18H,17H2,1-3H3,(H,27,28). The van der Waals surface area contributed by atoms with E-state index in [2.05, 4.69) is 10.3 Å². The zero-order valence-electron chi connectivity index (χ0n) is 17.5. The van der Waals surface area contributed by atoms with Crippen molar-refractivity contribution in [2.75, 3.05) is 5.32 Å². The lowest BCUT2D eigenvalue weighted by molar-refractivity contribution is -0.111. The minimum atomic E-state index is -0.189. The molecule has 154 valence electrons. The van der Waals surface area contributed by atoms with Gasteiger partial charge in [0.1, 0.15) is 18.1 Å². The molecular formula is C25H26N2O3. The van der Waals surface area contributed by atoms with Crippen LogP contribution in [0.4, 0.5) is 5.69 Å². The first-order valence-corrected chi connectivity index (χ1v) is 9.89. The van der Waals surface area contributed by atoms with Gasteiger partial charge in [-0.3, -0.25) is 9.78 Å². The second-order valence-electron chi connectivity index (χ2n) is 7.14. The number of carbonyl (C=O) groups is 1. The maximum absolute atomic E-state index is 12.3. The highest BCUT2D eigenvalue weighted by atomic mass is 16.5. The molecule has 1 amide bonds. The zero-order valence-corrected chi connectivity index (χ0v) is 17.5. The number of anilines is 1. The van der Waals surface area contributed by atoms with Gasteiger partial charge < -0.3 is 14.8 Å². The molecule has 1 heterocycles. The highest BCUT2D eigenvalue weighted by Crippen LogP contribution is 2.22. The van der Waals surface area contributed by atoms with Crippen LogP contribution < -0.4 is 14.8 Å². The van der Waals surface area contributed by atoms with Crippen LogP contribution >= 0.6 is 0 Å². The highest BCUT2D eigenvalue weighted by Gasteiger charge is 2.05. The minimum Gasteiger partial charge on any atom is -0.491 e. The van der Waals surface area contributed by atoms with E-state index in [1.54, 1.807) is 12.3 Å². The van der Waals surface area contributed by atoms with Gasteiger partial charge >= 0.3 is 0 Å². The van der Waals surface area contributed by atoms with Crippen LogP contribution in [-0.2, 0) is 11.4 Å². The summed E-state index contributed by atoms with van der Waals surface area (Å²) in [7, 11) is 0. The predicted octanol–water partition coefficient (Wildman–Crippen LogP) is 5.41. The van der Waals surface area contributed by atoms with Gasteiger partial charge in [0, 0.05) is 18.0 Å². The predicted molar refractivity (Wildman–Crippen MR) is 120 cm³/mol. The second-order valence-corrected chi connectivity index (χ2v) is 7.14. The summed E-state index contributed by atoms with van der Waals surface area (Å²) in [5.74, 6) is 1.36.